The first-order valence-electron chi connectivity index (χ1n) is 16.1. The van der Waals surface area contributed by atoms with Crippen LogP contribution in [0.2, 0.25) is 0 Å². The first kappa shape index (κ1) is 32.4. The molecule has 0 amide bonds. The average Bonchev–Trinajstić information content (AvgIpc) is 3.89. The number of anilines is 1. The fraction of sp³-hybridized carbons (Fsp3) is 0.469. The number of hydrogen-bond donors (Lipinski definition) is 2. The first-order valence-corrected chi connectivity index (χ1v) is 17.0. The molecule has 4 aromatic heterocycles. The summed E-state index contributed by atoms with van der Waals surface area (Å²) >= 11 is 1.59. The van der Waals surface area contributed by atoms with Crippen molar-refractivity contribution in [3.63, 3.8) is 0 Å². The largest absolute Gasteiger partial charge is 0.434 e. The molecule has 0 saturated carbocycles. The number of piperidine rings is 1. The minimum Gasteiger partial charge on any atom is -0.434 e. The minimum absolute atomic E-state index is 0.0278. The number of hydrogen-bond acceptors (Lipinski definition) is 11. The maximum atomic E-state index is 13.6. The van der Waals surface area contributed by atoms with Crippen LogP contribution in [0.3, 0.4) is 0 Å². The van der Waals surface area contributed by atoms with Crippen LogP contribution in [0.15, 0.2) is 60.1 Å². The van der Waals surface area contributed by atoms with Gasteiger partial charge in [-0.2, -0.15) is 19.0 Å². The molecular weight excluding hydrogens is 642 g/mol. The minimum atomic E-state index is -3.03. The molecule has 2 aliphatic rings. The number of likely N-dealkylation sites (tertiary alicyclic amines) is 1. The number of nitrogens with one attached hydrogen (secondary N) is 1. The number of aromatic nitrogens is 8. The highest BCUT2D eigenvalue weighted by Crippen LogP contribution is 2.39. The number of halogens is 2. The van der Waals surface area contributed by atoms with Gasteiger partial charge in [0, 0.05) is 60.0 Å². The van der Waals surface area contributed by atoms with E-state index in [1.807, 2.05) is 10.9 Å². The highest BCUT2D eigenvalue weighted by atomic mass is 32.2. The number of benzene rings is 1. The Labute approximate surface area is 280 Å². The maximum absolute atomic E-state index is 13.6. The van der Waals surface area contributed by atoms with E-state index in [1.54, 1.807) is 57.7 Å². The summed E-state index contributed by atoms with van der Waals surface area (Å²) in [5, 5.41) is 32.7. The molecule has 5 aromatic rings. The first-order chi connectivity index (χ1) is 23.3. The molecule has 2 aliphatic heterocycles. The van der Waals surface area contributed by atoms with Gasteiger partial charge in [0.05, 0.1) is 42.8 Å². The van der Waals surface area contributed by atoms with E-state index in [0.717, 1.165) is 50.5 Å². The zero-order valence-electron chi connectivity index (χ0n) is 26.7. The van der Waals surface area contributed by atoms with E-state index in [9.17, 15) is 13.9 Å². The van der Waals surface area contributed by atoms with Gasteiger partial charge in [0.25, 0.3) is 0 Å². The smallest absolute Gasteiger partial charge is 0.387 e. The number of alkyl halides is 2. The summed E-state index contributed by atoms with van der Waals surface area (Å²) < 4.78 is 42.8. The monoisotopic (exact) mass is 680 g/mol. The predicted molar refractivity (Wildman–Crippen MR) is 175 cm³/mol. The van der Waals surface area contributed by atoms with Gasteiger partial charge in [-0.1, -0.05) is 19.1 Å². The Bertz CT molecular complexity index is 1830. The third kappa shape index (κ3) is 7.16. The predicted octanol–water partition coefficient (Wildman–Crippen LogP) is 4.86. The van der Waals surface area contributed by atoms with Gasteiger partial charge in [0.15, 0.2) is 11.9 Å². The molecule has 1 aromatic carbocycles. The molecule has 2 saturated heterocycles. The number of aliphatic hydroxyl groups excluding tert-OH is 1. The van der Waals surface area contributed by atoms with Gasteiger partial charge in [0.1, 0.15) is 17.1 Å². The highest BCUT2D eigenvalue weighted by molar-refractivity contribution is 7.99. The molecule has 0 radical (unpaired) electrons. The van der Waals surface area contributed by atoms with Crippen LogP contribution in [0, 0.1) is 0 Å². The summed E-state index contributed by atoms with van der Waals surface area (Å²) in [5.41, 5.74) is 2.70. The lowest BCUT2D eigenvalue weighted by Crippen LogP contribution is -2.42. The second-order valence-electron chi connectivity index (χ2n) is 12.3. The number of rotatable bonds is 12. The summed E-state index contributed by atoms with van der Waals surface area (Å²) in [5.74, 6) is -0.0278. The Morgan fingerprint density at radius 3 is 2.77 bits per heavy atom. The molecule has 0 aliphatic carbocycles. The maximum Gasteiger partial charge on any atom is 0.387 e. The van der Waals surface area contributed by atoms with Crippen LogP contribution < -0.4 is 10.1 Å². The lowest BCUT2D eigenvalue weighted by molar-refractivity contribution is -0.0494. The molecule has 6 heterocycles. The van der Waals surface area contributed by atoms with Gasteiger partial charge < -0.3 is 19.9 Å². The van der Waals surface area contributed by atoms with E-state index in [1.165, 1.54) is 12.3 Å². The van der Waals surface area contributed by atoms with Gasteiger partial charge >= 0.3 is 6.61 Å². The fourth-order valence-electron chi connectivity index (χ4n) is 6.36. The van der Waals surface area contributed by atoms with Gasteiger partial charge in [-0.3, -0.25) is 9.58 Å². The van der Waals surface area contributed by atoms with Gasteiger partial charge in [-0.05, 0) is 43.5 Å². The molecule has 7 rings (SSSR count). The van der Waals surface area contributed by atoms with E-state index in [2.05, 4.69) is 44.5 Å². The zero-order valence-corrected chi connectivity index (χ0v) is 27.5. The zero-order chi connectivity index (χ0) is 33.2. The SMILES string of the molecule is CC(C)Sc1ccc(OC(F)F)c(-c2nn(Cc3cn(C4CCN([C@@H]5CCOC5)CC4)nn3)cc2NC(O)c2cnn3cccnc23)c1. The Hall–Kier alpha value is -4.12. The van der Waals surface area contributed by atoms with Gasteiger partial charge in [0.2, 0.25) is 0 Å². The van der Waals surface area contributed by atoms with Crippen molar-refractivity contribution in [1.82, 2.24) is 44.3 Å². The summed E-state index contributed by atoms with van der Waals surface area (Å²) in [7, 11) is 0. The standard InChI is InChI=1S/C32H38F2N10O3S/c1-20(2)48-24-4-5-28(47-32(33)34)25(14-24)29-27(37-31(45)26-15-36-43-10-3-9-35-30(26)43)18-42(39-29)16-21-17-44(40-38-21)22-6-11-41(12-7-22)23-8-13-46-19-23/h3-5,9-10,14-15,17-18,20,22-23,31-32,37,45H,6-8,11-13,16,19H2,1-2H3/t23-,31?/m1/s1. The van der Waals surface area contributed by atoms with Crippen LogP contribution >= 0.6 is 11.8 Å². The summed E-state index contributed by atoms with van der Waals surface area (Å²) in [4.78, 5) is 7.72. The van der Waals surface area contributed by atoms with Gasteiger partial charge in [-0.15, -0.1) is 16.9 Å². The molecule has 48 heavy (non-hydrogen) atoms. The van der Waals surface area contributed by atoms with Crippen LogP contribution in [0.25, 0.3) is 16.9 Å². The molecule has 2 atom stereocenters. The Kier molecular flexibility index (Phi) is 9.57. The van der Waals surface area contributed by atoms with Crippen molar-refractivity contribution in [2.75, 3.05) is 31.6 Å². The van der Waals surface area contributed by atoms with Crippen molar-refractivity contribution in [3.8, 4) is 17.0 Å². The normalized spacial score (nSPS) is 18.4. The molecule has 13 nitrogen and oxygen atoms in total. The topological polar surface area (TPSA) is 133 Å². The Morgan fingerprint density at radius 2 is 2.00 bits per heavy atom. The van der Waals surface area contributed by atoms with Crippen molar-refractivity contribution in [2.24, 2.45) is 0 Å². The molecule has 1 unspecified atom stereocenters. The molecule has 0 bridgehead atoms. The van der Waals surface area contributed by atoms with Crippen LogP contribution in [-0.2, 0) is 11.3 Å². The molecular formula is C32H38F2N10O3S. The number of thioether (sulfide) groups is 1. The molecule has 2 fully saturated rings. The third-order valence-corrected chi connectivity index (χ3v) is 9.62. The number of nitrogens with zero attached hydrogens (tertiary/aromatic N) is 9. The van der Waals surface area contributed by atoms with Crippen molar-refractivity contribution >= 4 is 23.1 Å². The van der Waals surface area contributed by atoms with Crippen LogP contribution in [0.5, 0.6) is 5.75 Å². The van der Waals surface area contributed by atoms with Crippen LogP contribution in [0.4, 0.5) is 14.5 Å². The van der Waals surface area contributed by atoms with E-state index in [4.69, 9.17) is 14.6 Å². The quantitative estimate of drug-likeness (QED) is 0.138. The third-order valence-electron chi connectivity index (χ3n) is 8.63. The molecule has 254 valence electrons. The lowest BCUT2D eigenvalue weighted by atomic mass is 10.0. The van der Waals surface area contributed by atoms with E-state index in [0.29, 0.717) is 39.9 Å². The molecule has 0 spiro atoms. The van der Waals surface area contributed by atoms with Crippen molar-refractivity contribution < 1.29 is 23.4 Å². The fourth-order valence-corrected chi connectivity index (χ4v) is 7.24. The van der Waals surface area contributed by atoms with Crippen molar-refractivity contribution in [3.05, 3.63) is 66.5 Å². The summed E-state index contributed by atoms with van der Waals surface area (Å²) in [6.07, 6.45) is 10.3. The molecule has 16 heteroatoms. The second-order valence-corrected chi connectivity index (χ2v) is 14.0. The van der Waals surface area contributed by atoms with Gasteiger partial charge in [-0.25, -0.2) is 14.2 Å². The average molecular weight is 681 g/mol. The number of aliphatic hydroxyl groups is 1. The Morgan fingerprint density at radius 1 is 1.15 bits per heavy atom. The number of ether oxygens (including phenoxy) is 2. The Balaban J connectivity index is 1.17. The van der Waals surface area contributed by atoms with E-state index >= 15 is 0 Å². The van der Waals surface area contributed by atoms with Crippen molar-refractivity contribution in [1.29, 1.82) is 0 Å². The lowest BCUT2D eigenvalue weighted by Gasteiger charge is -2.35. The van der Waals surface area contributed by atoms with Crippen LogP contribution in [0.1, 0.15) is 56.6 Å². The molecule has 2 N–H and O–H groups in total. The van der Waals surface area contributed by atoms with Crippen LogP contribution in [-0.4, -0.2) is 93.6 Å². The summed E-state index contributed by atoms with van der Waals surface area (Å²) in [6.45, 7) is 4.98. The van der Waals surface area contributed by atoms with E-state index < -0.39 is 12.8 Å². The summed E-state index contributed by atoms with van der Waals surface area (Å²) in [6, 6.07) is 7.55. The van der Waals surface area contributed by atoms with E-state index in [-0.39, 0.29) is 23.6 Å². The second kappa shape index (κ2) is 14.2. The van der Waals surface area contributed by atoms with Crippen molar-refractivity contribution in [2.45, 2.75) is 74.7 Å². The number of fused-ring (bicyclic) bond motifs is 1. The highest BCUT2D eigenvalue weighted by Gasteiger charge is 2.29.